The second-order valence-electron chi connectivity index (χ2n) is 5.30. The highest BCUT2D eigenvalue weighted by molar-refractivity contribution is 5.94. The number of anilines is 1. The first kappa shape index (κ1) is 13.4. The van der Waals surface area contributed by atoms with E-state index in [0.717, 1.165) is 18.4 Å². The van der Waals surface area contributed by atoms with Gasteiger partial charge >= 0.3 is 5.97 Å². The third-order valence-electron chi connectivity index (χ3n) is 3.73. The minimum Gasteiger partial charge on any atom is -0.480 e. The van der Waals surface area contributed by atoms with Crippen molar-refractivity contribution < 1.29 is 14.7 Å². The molecular weight excluding hydrogens is 244 g/mol. The zero-order valence-corrected chi connectivity index (χ0v) is 11.1. The van der Waals surface area contributed by atoms with Gasteiger partial charge < -0.3 is 16.2 Å². The van der Waals surface area contributed by atoms with Crippen LogP contribution in [-0.2, 0) is 4.79 Å². The van der Waals surface area contributed by atoms with E-state index >= 15 is 0 Å². The maximum atomic E-state index is 11.4. The van der Waals surface area contributed by atoms with Crippen molar-refractivity contribution in [3.63, 3.8) is 0 Å². The molecule has 1 aliphatic rings. The van der Waals surface area contributed by atoms with E-state index in [9.17, 15) is 14.7 Å². The van der Waals surface area contributed by atoms with Crippen molar-refractivity contribution in [3.8, 4) is 0 Å². The summed E-state index contributed by atoms with van der Waals surface area (Å²) < 4.78 is 0. The minimum atomic E-state index is -0.958. The number of hydrogen-bond acceptors (Lipinski definition) is 3. The van der Waals surface area contributed by atoms with Gasteiger partial charge in [0.15, 0.2) is 0 Å². The standard InChI is InChI=1S/C14H18N2O3/c1-8-7-10(5-6-11(8)12(15)17)16-14(2,13(18)19)9-3-4-9/h5-7,9,16H,3-4H2,1-2H3,(H2,15,17)(H,18,19). The highest BCUT2D eigenvalue weighted by Gasteiger charge is 2.47. The van der Waals surface area contributed by atoms with Crippen LogP contribution >= 0.6 is 0 Å². The quantitative estimate of drug-likeness (QED) is 0.753. The number of hydrogen-bond donors (Lipinski definition) is 3. The molecule has 1 saturated carbocycles. The molecule has 5 heteroatoms. The molecule has 1 aliphatic carbocycles. The van der Waals surface area contributed by atoms with Crippen molar-refractivity contribution >= 4 is 17.6 Å². The Balaban J connectivity index is 2.25. The van der Waals surface area contributed by atoms with Crippen LogP contribution in [0.5, 0.6) is 0 Å². The Hall–Kier alpha value is -2.04. The normalized spacial score (nSPS) is 17.6. The van der Waals surface area contributed by atoms with Gasteiger partial charge in [0.1, 0.15) is 5.54 Å². The minimum absolute atomic E-state index is 0.154. The molecule has 1 amide bonds. The summed E-state index contributed by atoms with van der Waals surface area (Å²) in [7, 11) is 0. The molecule has 19 heavy (non-hydrogen) atoms. The van der Waals surface area contributed by atoms with Crippen LogP contribution in [0.15, 0.2) is 18.2 Å². The number of nitrogens with one attached hydrogen (secondary N) is 1. The Labute approximate surface area is 111 Å². The van der Waals surface area contributed by atoms with Gasteiger partial charge in [0, 0.05) is 11.3 Å². The summed E-state index contributed by atoms with van der Waals surface area (Å²) in [6, 6.07) is 5.06. The summed E-state index contributed by atoms with van der Waals surface area (Å²) in [5, 5.41) is 12.5. The largest absolute Gasteiger partial charge is 0.480 e. The topological polar surface area (TPSA) is 92.4 Å². The molecule has 0 bridgehead atoms. The van der Waals surface area contributed by atoms with Crippen LogP contribution in [0.25, 0.3) is 0 Å². The highest BCUT2D eigenvalue weighted by Crippen LogP contribution is 2.41. The van der Waals surface area contributed by atoms with Crippen LogP contribution in [0.1, 0.15) is 35.7 Å². The number of nitrogens with two attached hydrogens (primary N) is 1. The molecular formula is C14H18N2O3. The van der Waals surface area contributed by atoms with E-state index in [1.54, 1.807) is 32.0 Å². The lowest BCUT2D eigenvalue weighted by molar-refractivity contribution is -0.142. The third-order valence-corrected chi connectivity index (χ3v) is 3.73. The molecule has 0 saturated heterocycles. The lowest BCUT2D eigenvalue weighted by Crippen LogP contribution is -2.45. The monoisotopic (exact) mass is 262 g/mol. The molecule has 1 aromatic carbocycles. The maximum Gasteiger partial charge on any atom is 0.329 e. The van der Waals surface area contributed by atoms with Gasteiger partial charge in [-0.25, -0.2) is 4.79 Å². The zero-order chi connectivity index (χ0) is 14.2. The molecule has 0 aliphatic heterocycles. The van der Waals surface area contributed by atoms with Gasteiger partial charge in [-0.15, -0.1) is 0 Å². The first-order valence-electron chi connectivity index (χ1n) is 6.26. The van der Waals surface area contributed by atoms with Crippen LogP contribution in [0.4, 0.5) is 5.69 Å². The van der Waals surface area contributed by atoms with Crippen molar-refractivity contribution in [2.24, 2.45) is 11.7 Å². The summed E-state index contributed by atoms with van der Waals surface area (Å²) in [5.41, 5.74) is 6.17. The first-order valence-corrected chi connectivity index (χ1v) is 6.26. The van der Waals surface area contributed by atoms with Crippen molar-refractivity contribution in [2.75, 3.05) is 5.32 Å². The fourth-order valence-electron chi connectivity index (χ4n) is 2.31. The Morgan fingerprint density at radius 1 is 1.42 bits per heavy atom. The SMILES string of the molecule is Cc1cc(NC(C)(C(=O)O)C2CC2)ccc1C(N)=O. The zero-order valence-electron chi connectivity index (χ0n) is 11.1. The number of aliphatic carboxylic acids is 1. The van der Waals surface area contributed by atoms with Gasteiger partial charge in [-0.1, -0.05) is 0 Å². The molecule has 102 valence electrons. The second kappa shape index (κ2) is 4.57. The van der Waals surface area contributed by atoms with Crippen LogP contribution in [-0.4, -0.2) is 22.5 Å². The highest BCUT2D eigenvalue weighted by atomic mass is 16.4. The summed E-state index contributed by atoms with van der Waals surface area (Å²) in [6.07, 6.45) is 1.85. The molecule has 4 N–H and O–H groups in total. The summed E-state index contributed by atoms with van der Waals surface area (Å²) >= 11 is 0. The Morgan fingerprint density at radius 2 is 2.05 bits per heavy atom. The van der Waals surface area contributed by atoms with Crippen LogP contribution < -0.4 is 11.1 Å². The number of benzene rings is 1. The van der Waals surface area contributed by atoms with E-state index in [2.05, 4.69) is 5.32 Å². The molecule has 0 heterocycles. The average molecular weight is 262 g/mol. The lowest BCUT2D eigenvalue weighted by atomic mass is 9.95. The predicted octanol–water partition coefficient (Wildman–Crippen LogP) is 1.76. The number of amides is 1. The summed E-state index contributed by atoms with van der Waals surface area (Å²) in [6.45, 7) is 3.48. The van der Waals surface area contributed by atoms with E-state index in [-0.39, 0.29) is 5.92 Å². The van der Waals surface area contributed by atoms with Gasteiger partial charge in [-0.05, 0) is 56.4 Å². The van der Waals surface area contributed by atoms with Crippen molar-refractivity contribution in [2.45, 2.75) is 32.2 Å². The lowest BCUT2D eigenvalue weighted by Gasteiger charge is -2.27. The van der Waals surface area contributed by atoms with Crippen molar-refractivity contribution in [3.05, 3.63) is 29.3 Å². The molecule has 1 unspecified atom stereocenters. The smallest absolute Gasteiger partial charge is 0.329 e. The molecule has 1 fully saturated rings. The molecule has 0 spiro atoms. The molecule has 1 aromatic rings. The number of aryl methyl sites for hydroxylation is 1. The average Bonchev–Trinajstić information content (AvgIpc) is 3.11. The Kier molecular flexibility index (Phi) is 3.22. The molecule has 1 atom stereocenters. The van der Waals surface area contributed by atoms with E-state index in [4.69, 9.17) is 5.73 Å². The summed E-state index contributed by atoms with van der Waals surface area (Å²) in [5.74, 6) is -1.18. The molecule has 0 radical (unpaired) electrons. The number of carboxylic acid groups (broad SMARTS) is 1. The maximum absolute atomic E-state index is 11.4. The Bertz CT molecular complexity index is 537. The number of carbonyl (C=O) groups excluding carboxylic acids is 1. The third kappa shape index (κ3) is 2.54. The molecule has 2 rings (SSSR count). The van der Waals surface area contributed by atoms with Crippen LogP contribution in [0.3, 0.4) is 0 Å². The van der Waals surface area contributed by atoms with Gasteiger partial charge in [-0.2, -0.15) is 0 Å². The van der Waals surface area contributed by atoms with Gasteiger partial charge in [0.2, 0.25) is 5.91 Å². The number of primary amides is 1. The van der Waals surface area contributed by atoms with E-state index in [0.29, 0.717) is 11.3 Å². The van der Waals surface area contributed by atoms with Crippen molar-refractivity contribution in [1.82, 2.24) is 0 Å². The van der Waals surface area contributed by atoms with Gasteiger partial charge in [0.05, 0.1) is 0 Å². The number of carboxylic acids is 1. The van der Waals surface area contributed by atoms with E-state index in [1.165, 1.54) is 0 Å². The summed E-state index contributed by atoms with van der Waals surface area (Å²) in [4.78, 5) is 22.6. The van der Waals surface area contributed by atoms with Crippen LogP contribution in [0, 0.1) is 12.8 Å². The van der Waals surface area contributed by atoms with E-state index in [1.807, 2.05) is 0 Å². The van der Waals surface area contributed by atoms with Crippen molar-refractivity contribution in [1.29, 1.82) is 0 Å². The van der Waals surface area contributed by atoms with E-state index < -0.39 is 17.4 Å². The fourth-order valence-corrected chi connectivity index (χ4v) is 2.31. The molecule has 0 aromatic heterocycles. The second-order valence-corrected chi connectivity index (χ2v) is 5.30. The molecule has 5 nitrogen and oxygen atoms in total. The number of rotatable bonds is 5. The van der Waals surface area contributed by atoms with Gasteiger partial charge in [0.25, 0.3) is 0 Å². The van der Waals surface area contributed by atoms with Crippen LogP contribution in [0.2, 0.25) is 0 Å². The predicted molar refractivity (Wildman–Crippen MR) is 72.1 cm³/mol. The Morgan fingerprint density at radius 3 is 2.47 bits per heavy atom. The first-order chi connectivity index (χ1) is 8.84. The fraction of sp³-hybridized carbons (Fsp3) is 0.429. The van der Waals surface area contributed by atoms with Gasteiger partial charge in [-0.3, -0.25) is 4.79 Å². The number of carbonyl (C=O) groups is 2.